The van der Waals surface area contributed by atoms with E-state index in [1.807, 2.05) is 42.5 Å². The van der Waals surface area contributed by atoms with Crippen molar-refractivity contribution in [1.82, 2.24) is 10.3 Å². The smallest absolute Gasteiger partial charge is 0.224 e. The molecule has 32 heavy (non-hydrogen) atoms. The van der Waals surface area contributed by atoms with Gasteiger partial charge in [0.25, 0.3) is 0 Å². The van der Waals surface area contributed by atoms with Crippen LogP contribution in [0.25, 0.3) is 21.9 Å². The van der Waals surface area contributed by atoms with Crippen molar-refractivity contribution in [2.45, 2.75) is 13.0 Å². The van der Waals surface area contributed by atoms with Gasteiger partial charge in [-0.2, -0.15) is 0 Å². The Labute approximate surface area is 182 Å². The van der Waals surface area contributed by atoms with Crippen molar-refractivity contribution in [3.63, 3.8) is 0 Å². The number of aromatic nitrogens is 1. The second-order valence-electron chi connectivity index (χ2n) is 7.25. The fourth-order valence-corrected chi connectivity index (χ4v) is 3.60. The number of pyridine rings is 1. The molecule has 1 heterocycles. The van der Waals surface area contributed by atoms with E-state index in [1.165, 1.54) is 0 Å². The van der Waals surface area contributed by atoms with Crippen molar-refractivity contribution in [3.8, 4) is 16.9 Å². The Balaban J connectivity index is 1.56. The van der Waals surface area contributed by atoms with Crippen LogP contribution in [-0.2, 0) is 17.8 Å². The third-order valence-electron chi connectivity index (χ3n) is 5.17. The summed E-state index contributed by atoms with van der Waals surface area (Å²) < 4.78 is 45.2. The summed E-state index contributed by atoms with van der Waals surface area (Å²) in [7, 11) is 1.61. The summed E-state index contributed by atoms with van der Waals surface area (Å²) in [5.74, 6) is -3.89. The zero-order valence-corrected chi connectivity index (χ0v) is 17.2. The minimum absolute atomic E-state index is 0.0544. The van der Waals surface area contributed by atoms with Gasteiger partial charge >= 0.3 is 0 Å². The Hall–Kier alpha value is -3.87. The molecule has 0 spiro atoms. The van der Waals surface area contributed by atoms with Crippen LogP contribution in [0.2, 0.25) is 0 Å². The first-order valence-corrected chi connectivity index (χ1v) is 9.86. The highest BCUT2D eigenvalue weighted by molar-refractivity contribution is 5.98. The molecule has 0 atom stereocenters. The number of hydrogen-bond acceptors (Lipinski definition) is 3. The monoisotopic (exact) mass is 436 g/mol. The minimum atomic E-state index is -1.55. The Bertz CT molecular complexity index is 1280. The number of amides is 1. The number of halogens is 3. The van der Waals surface area contributed by atoms with Crippen LogP contribution in [0.5, 0.6) is 5.75 Å². The van der Waals surface area contributed by atoms with Crippen molar-refractivity contribution >= 4 is 16.7 Å². The van der Waals surface area contributed by atoms with Gasteiger partial charge in [-0.3, -0.25) is 9.78 Å². The average Bonchev–Trinajstić information content (AvgIpc) is 2.81. The van der Waals surface area contributed by atoms with E-state index >= 15 is 0 Å². The molecule has 0 aliphatic carbocycles. The van der Waals surface area contributed by atoms with E-state index in [1.54, 1.807) is 19.5 Å². The number of ether oxygens (including phenoxy) is 1. The molecule has 0 unspecified atom stereocenters. The van der Waals surface area contributed by atoms with Crippen LogP contribution < -0.4 is 10.1 Å². The molecule has 1 amide bonds. The molecule has 162 valence electrons. The Kier molecular flexibility index (Phi) is 6.07. The lowest BCUT2D eigenvalue weighted by atomic mass is 9.96. The molecular formula is C25H19F3N2O2. The standard InChI is InChI=1S/C25H19F3N2O2/c1-32-18-4-2-3-16(12-18)19-6-5-17(21-14-29-8-7-20(19)21)13-30-24(31)11-15-9-22(26)25(28)23(27)10-15/h2-10,12,14H,11,13H2,1H3,(H,30,31). The van der Waals surface area contributed by atoms with E-state index in [4.69, 9.17) is 4.74 Å². The number of nitrogens with one attached hydrogen (secondary N) is 1. The predicted molar refractivity (Wildman–Crippen MR) is 116 cm³/mol. The second kappa shape index (κ2) is 9.09. The number of nitrogens with zero attached hydrogens (tertiary/aromatic N) is 1. The summed E-state index contributed by atoms with van der Waals surface area (Å²) >= 11 is 0. The van der Waals surface area contributed by atoms with Crippen LogP contribution in [0.4, 0.5) is 13.2 Å². The first kappa shape index (κ1) is 21.4. The molecule has 4 aromatic rings. The van der Waals surface area contributed by atoms with E-state index in [9.17, 15) is 18.0 Å². The fraction of sp³-hybridized carbons (Fsp3) is 0.120. The lowest BCUT2D eigenvalue weighted by molar-refractivity contribution is -0.120. The summed E-state index contributed by atoms with van der Waals surface area (Å²) in [6.45, 7) is 0.200. The molecule has 3 aromatic carbocycles. The van der Waals surface area contributed by atoms with E-state index in [-0.39, 0.29) is 18.5 Å². The molecular weight excluding hydrogens is 417 g/mol. The summed E-state index contributed by atoms with van der Waals surface area (Å²) in [6, 6.07) is 15.1. The largest absolute Gasteiger partial charge is 0.497 e. The summed E-state index contributed by atoms with van der Waals surface area (Å²) in [5.41, 5.74) is 2.87. The number of fused-ring (bicyclic) bond motifs is 1. The predicted octanol–water partition coefficient (Wildman–Crippen LogP) is 5.19. The highest BCUT2D eigenvalue weighted by atomic mass is 19.2. The molecule has 1 N–H and O–H groups in total. The maximum atomic E-state index is 13.4. The fourth-order valence-electron chi connectivity index (χ4n) is 3.60. The van der Waals surface area contributed by atoms with Gasteiger partial charge in [0.1, 0.15) is 5.75 Å². The van der Waals surface area contributed by atoms with Crippen LogP contribution in [0.1, 0.15) is 11.1 Å². The molecule has 4 rings (SSSR count). The van der Waals surface area contributed by atoms with Crippen molar-refractivity contribution in [1.29, 1.82) is 0 Å². The molecule has 7 heteroatoms. The van der Waals surface area contributed by atoms with E-state index in [2.05, 4.69) is 10.3 Å². The van der Waals surface area contributed by atoms with Gasteiger partial charge in [-0.15, -0.1) is 0 Å². The molecule has 0 fully saturated rings. The molecule has 4 nitrogen and oxygen atoms in total. The van der Waals surface area contributed by atoms with E-state index in [0.29, 0.717) is 0 Å². The first-order chi connectivity index (χ1) is 15.5. The lowest BCUT2D eigenvalue weighted by Gasteiger charge is -2.13. The van der Waals surface area contributed by atoms with Crippen LogP contribution >= 0.6 is 0 Å². The molecule has 1 aromatic heterocycles. The van der Waals surface area contributed by atoms with Gasteiger partial charge < -0.3 is 10.1 Å². The number of carbonyl (C=O) groups is 1. The van der Waals surface area contributed by atoms with Gasteiger partial charge in [0.2, 0.25) is 5.91 Å². The lowest BCUT2D eigenvalue weighted by Crippen LogP contribution is -2.24. The third kappa shape index (κ3) is 4.42. The number of methoxy groups -OCH3 is 1. The number of carbonyl (C=O) groups excluding carboxylic acids is 1. The van der Waals surface area contributed by atoms with Crippen LogP contribution in [0.15, 0.2) is 67.0 Å². The van der Waals surface area contributed by atoms with Gasteiger partial charge in [-0.05, 0) is 58.0 Å². The maximum Gasteiger partial charge on any atom is 0.224 e. The summed E-state index contributed by atoms with van der Waals surface area (Å²) in [5, 5.41) is 4.57. The van der Waals surface area contributed by atoms with Crippen LogP contribution in [0, 0.1) is 17.5 Å². The van der Waals surface area contributed by atoms with Crippen molar-refractivity contribution in [2.75, 3.05) is 7.11 Å². The van der Waals surface area contributed by atoms with Gasteiger partial charge in [0.15, 0.2) is 17.5 Å². The summed E-state index contributed by atoms with van der Waals surface area (Å²) in [4.78, 5) is 16.5. The van der Waals surface area contributed by atoms with E-state index in [0.717, 1.165) is 45.3 Å². The molecule has 0 saturated carbocycles. The van der Waals surface area contributed by atoms with Crippen LogP contribution in [-0.4, -0.2) is 18.0 Å². The van der Waals surface area contributed by atoms with Crippen LogP contribution in [0.3, 0.4) is 0 Å². The van der Waals surface area contributed by atoms with E-state index < -0.39 is 23.4 Å². The normalized spacial score (nSPS) is 10.9. The average molecular weight is 436 g/mol. The Morgan fingerprint density at radius 2 is 1.78 bits per heavy atom. The SMILES string of the molecule is COc1cccc(-c2ccc(CNC(=O)Cc3cc(F)c(F)c(F)c3)c3cnccc23)c1. The first-order valence-electron chi connectivity index (χ1n) is 9.86. The highest BCUT2D eigenvalue weighted by Crippen LogP contribution is 2.32. The summed E-state index contributed by atoms with van der Waals surface area (Å²) in [6.07, 6.45) is 3.16. The third-order valence-corrected chi connectivity index (χ3v) is 5.17. The Morgan fingerprint density at radius 1 is 1.00 bits per heavy atom. The second-order valence-corrected chi connectivity index (χ2v) is 7.25. The molecule has 0 aliphatic heterocycles. The topological polar surface area (TPSA) is 51.2 Å². The zero-order valence-electron chi connectivity index (χ0n) is 17.2. The van der Waals surface area contributed by atoms with Gasteiger partial charge in [0, 0.05) is 24.3 Å². The van der Waals surface area contributed by atoms with Crippen molar-refractivity contribution in [3.05, 3.63) is 95.6 Å². The molecule has 0 aliphatic rings. The highest BCUT2D eigenvalue weighted by Gasteiger charge is 2.14. The number of rotatable bonds is 6. The number of benzene rings is 3. The molecule has 0 bridgehead atoms. The van der Waals surface area contributed by atoms with Gasteiger partial charge in [-0.25, -0.2) is 13.2 Å². The maximum absolute atomic E-state index is 13.4. The van der Waals surface area contributed by atoms with Gasteiger partial charge in [0.05, 0.1) is 13.5 Å². The van der Waals surface area contributed by atoms with Crippen molar-refractivity contribution in [2.24, 2.45) is 0 Å². The number of hydrogen-bond donors (Lipinski definition) is 1. The quantitative estimate of drug-likeness (QED) is 0.424. The minimum Gasteiger partial charge on any atom is -0.497 e. The van der Waals surface area contributed by atoms with Gasteiger partial charge in [-0.1, -0.05) is 24.3 Å². The zero-order chi connectivity index (χ0) is 22.7. The Morgan fingerprint density at radius 3 is 2.53 bits per heavy atom. The molecule has 0 saturated heterocycles. The van der Waals surface area contributed by atoms with Crippen molar-refractivity contribution < 1.29 is 22.7 Å². The molecule has 0 radical (unpaired) electrons.